The number of pyridine rings is 1. The molecular weight excluding hydrogens is 310 g/mol. The predicted octanol–water partition coefficient (Wildman–Crippen LogP) is 2.03. The van der Waals surface area contributed by atoms with Crippen molar-refractivity contribution in [2.45, 2.75) is 45.8 Å². The number of ether oxygens (including phenoxy) is 1. The Morgan fingerprint density at radius 2 is 2.12 bits per heavy atom. The molecule has 0 radical (unpaired) electrons. The maximum Gasteiger partial charge on any atom is 0.326 e. The molecule has 130 valence electrons. The van der Waals surface area contributed by atoms with Crippen molar-refractivity contribution in [2.24, 2.45) is 0 Å². The van der Waals surface area contributed by atoms with E-state index in [9.17, 15) is 14.7 Å². The number of hydrogen-bond donors (Lipinski definition) is 2. The Morgan fingerprint density at radius 3 is 2.75 bits per heavy atom. The number of fused-ring (bicyclic) bond motifs is 1. The molecule has 24 heavy (non-hydrogen) atoms. The maximum atomic E-state index is 12.3. The Balaban J connectivity index is 2.04. The van der Waals surface area contributed by atoms with Gasteiger partial charge in [0.05, 0.1) is 5.60 Å². The van der Waals surface area contributed by atoms with Gasteiger partial charge in [-0.1, -0.05) is 0 Å². The topological polar surface area (TPSA) is 92.9 Å². The van der Waals surface area contributed by atoms with Crippen molar-refractivity contribution in [3.05, 3.63) is 35.8 Å². The summed E-state index contributed by atoms with van der Waals surface area (Å²) in [6, 6.07) is 2.73. The standard InChI is InChI=1S/C17H23N3O4/c1-11-5-7-20-10-13(18-14(20)9-11)15(21)19-12(16(22)23)6-8-24-17(2,3)4/h5,7,9-10,12H,6,8H2,1-4H3,(H,19,21)(H,22,23). The minimum Gasteiger partial charge on any atom is -0.480 e. The number of aryl methyl sites for hydroxylation is 1. The molecule has 1 amide bonds. The van der Waals surface area contributed by atoms with Crippen molar-refractivity contribution in [3.8, 4) is 0 Å². The minimum atomic E-state index is -1.10. The molecule has 0 fully saturated rings. The summed E-state index contributed by atoms with van der Waals surface area (Å²) in [6.07, 6.45) is 3.57. The minimum absolute atomic E-state index is 0.184. The van der Waals surface area contributed by atoms with Crippen LogP contribution in [0.3, 0.4) is 0 Å². The number of nitrogens with zero attached hydrogens (tertiary/aromatic N) is 2. The number of carboxylic acids is 1. The monoisotopic (exact) mass is 333 g/mol. The molecule has 2 aromatic rings. The second-order valence-corrected chi connectivity index (χ2v) is 6.71. The summed E-state index contributed by atoms with van der Waals surface area (Å²) in [7, 11) is 0. The summed E-state index contributed by atoms with van der Waals surface area (Å²) in [4.78, 5) is 27.9. The van der Waals surface area contributed by atoms with E-state index in [2.05, 4.69) is 10.3 Å². The zero-order valence-electron chi connectivity index (χ0n) is 14.4. The van der Waals surface area contributed by atoms with E-state index in [0.29, 0.717) is 5.65 Å². The van der Waals surface area contributed by atoms with Gasteiger partial charge in [-0.15, -0.1) is 0 Å². The lowest BCUT2D eigenvalue weighted by atomic mass is 10.1. The molecule has 0 aromatic carbocycles. The molecule has 7 nitrogen and oxygen atoms in total. The Kier molecular flexibility index (Phi) is 5.23. The van der Waals surface area contributed by atoms with Crippen LogP contribution in [-0.4, -0.2) is 44.6 Å². The van der Waals surface area contributed by atoms with Crippen molar-refractivity contribution in [2.75, 3.05) is 6.61 Å². The van der Waals surface area contributed by atoms with Gasteiger partial charge in [0, 0.05) is 25.4 Å². The lowest BCUT2D eigenvalue weighted by Gasteiger charge is -2.21. The third-order valence-corrected chi connectivity index (χ3v) is 3.39. The fourth-order valence-electron chi connectivity index (χ4n) is 2.17. The molecule has 2 heterocycles. The third kappa shape index (κ3) is 4.79. The lowest BCUT2D eigenvalue weighted by molar-refractivity contribution is -0.140. The number of aliphatic carboxylic acids is 1. The first-order chi connectivity index (χ1) is 11.2. The Labute approximate surface area is 140 Å². The van der Waals surface area contributed by atoms with Gasteiger partial charge in [-0.25, -0.2) is 9.78 Å². The number of amides is 1. The SMILES string of the molecule is Cc1ccn2cc(C(=O)NC(CCOC(C)(C)C)C(=O)O)nc2c1. The van der Waals surface area contributed by atoms with Crippen LogP contribution in [0.2, 0.25) is 0 Å². The van der Waals surface area contributed by atoms with Gasteiger partial charge in [0.25, 0.3) is 5.91 Å². The number of rotatable bonds is 6. The molecule has 0 saturated carbocycles. The van der Waals surface area contributed by atoms with Crippen LogP contribution in [0.5, 0.6) is 0 Å². The predicted molar refractivity (Wildman–Crippen MR) is 89.1 cm³/mol. The van der Waals surface area contributed by atoms with Crippen molar-refractivity contribution in [1.29, 1.82) is 0 Å². The average molecular weight is 333 g/mol. The molecule has 1 atom stereocenters. The van der Waals surface area contributed by atoms with Gasteiger partial charge in [-0.2, -0.15) is 0 Å². The summed E-state index contributed by atoms with van der Waals surface area (Å²) in [6.45, 7) is 7.84. The number of nitrogens with one attached hydrogen (secondary N) is 1. The van der Waals surface area contributed by atoms with Crippen LogP contribution < -0.4 is 5.32 Å². The van der Waals surface area contributed by atoms with E-state index in [1.807, 2.05) is 39.8 Å². The van der Waals surface area contributed by atoms with Gasteiger partial charge in [0.2, 0.25) is 0 Å². The van der Waals surface area contributed by atoms with E-state index in [4.69, 9.17) is 4.74 Å². The number of aromatic nitrogens is 2. The van der Waals surface area contributed by atoms with Crippen molar-refractivity contribution in [3.63, 3.8) is 0 Å². The van der Waals surface area contributed by atoms with E-state index >= 15 is 0 Å². The van der Waals surface area contributed by atoms with Gasteiger partial charge in [0.15, 0.2) is 0 Å². The molecule has 7 heteroatoms. The van der Waals surface area contributed by atoms with Crippen LogP contribution in [0.15, 0.2) is 24.5 Å². The number of carbonyl (C=O) groups is 2. The molecule has 2 aromatic heterocycles. The van der Waals surface area contributed by atoms with Gasteiger partial charge in [-0.3, -0.25) is 4.79 Å². The first-order valence-corrected chi connectivity index (χ1v) is 7.79. The molecule has 2 N–H and O–H groups in total. The second-order valence-electron chi connectivity index (χ2n) is 6.71. The van der Waals surface area contributed by atoms with Crippen LogP contribution in [0.4, 0.5) is 0 Å². The van der Waals surface area contributed by atoms with Gasteiger partial charge >= 0.3 is 5.97 Å². The number of carbonyl (C=O) groups excluding carboxylic acids is 1. The molecule has 1 unspecified atom stereocenters. The zero-order chi connectivity index (χ0) is 17.9. The molecule has 2 rings (SSSR count). The largest absolute Gasteiger partial charge is 0.480 e. The number of imidazole rings is 1. The molecule has 0 spiro atoms. The average Bonchev–Trinajstić information content (AvgIpc) is 2.87. The Morgan fingerprint density at radius 1 is 1.42 bits per heavy atom. The first kappa shape index (κ1) is 17.9. The fraction of sp³-hybridized carbons (Fsp3) is 0.471. The zero-order valence-corrected chi connectivity index (χ0v) is 14.4. The number of hydrogen-bond acceptors (Lipinski definition) is 4. The van der Waals surface area contributed by atoms with Gasteiger partial charge < -0.3 is 19.6 Å². The van der Waals surface area contributed by atoms with Crippen molar-refractivity contribution >= 4 is 17.5 Å². The number of carboxylic acid groups (broad SMARTS) is 1. The molecule has 0 bridgehead atoms. The smallest absolute Gasteiger partial charge is 0.326 e. The summed E-state index contributed by atoms with van der Waals surface area (Å²) in [5, 5.41) is 11.8. The fourth-order valence-corrected chi connectivity index (χ4v) is 2.17. The van der Waals surface area contributed by atoms with Crippen LogP contribution >= 0.6 is 0 Å². The Bertz CT molecular complexity index is 746. The van der Waals surface area contributed by atoms with Crippen LogP contribution in [-0.2, 0) is 9.53 Å². The molecular formula is C17H23N3O4. The highest BCUT2D eigenvalue weighted by Gasteiger charge is 2.23. The van der Waals surface area contributed by atoms with E-state index in [0.717, 1.165) is 5.56 Å². The molecule has 0 aliphatic heterocycles. The summed E-state index contributed by atoms with van der Waals surface area (Å²) in [5.41, 5.74) is 1.50. The van der Waals surface area contributed by atoms with Gasteiger partial charge in [0.1, 0.15) is 17.4 Å². The molecule has 0 aliphatic rings. The van der Waals surface area contributed by atoms with E-state index in [1.54, 1.807) is 16.8 Å². The van der Waals surface area contributed by atoms with Crippen LogP contribution in [0.1, 0.15) is 43.2 Å². The third-order valence-electron chi connectivity index (χ3n) is 3.39. The van der Waals surface area contributed by atoms with Crippen LogP contribution in [0.25, 0.3) is 5.65 Å². The first-order valence-electron chi connectivity index (χ1n) is 7.79. The van der Waals surface area contributed by atoms with E-state index in [1.165, 1.54) is 0 Å². The second kappa shape index (κ2) is 7.00. The maximum absolute atomic E-state index is 12.3. The van der Waals surface area contributed by atoms with Gasteiger partial charge in [-0.05, 0) is 45.4 Å². The van der Waals surface area contributed by atoms with E-state index < -0.39 is 17.9 Å². The van der Waals surface area contributed by atoms with E-state index in [-0.39, 0.29) is 24.3 Å². The van der Waals surface area contributed by atoms with Crippen LogP contribution in [0, 0.1) is 6.92 Å². The highest BCUT2D eigenvalue weighted by Crippen LogP contribution is 2.10. The highest BCUT2D eigenvalue weighted by molar-refractivity contribution is 5.95. The molecule has 0 aliphatic carbocycles. The Hall–Kier alpha value is -2.41. The summed E-state index contributed by atoms with van der Waals surface area (Å²) in [5.74, 6) is -1.61. The summed E-state index contributed by atoms with van der Waals surface area (Å²) < 4.78 is 7.25. The quantitative estimate of drug-likeness (QED) is 0.844. The summed E-state index contributed by atoms with van der Waals surface area (Å²) >= 11 is 0. The highest BCUT2D eigenvalue weighted by atomic mass is 16.5. The van der Waals surface area contributed by atoms with Crippen molar-refractivity contribution in [1.82, 2.24) is 14.7 Å². The van der Waals surface area contributed by atoms with Crippen molar-refractivity contribution < 1.29 is 19.4 Å². The lowest BCUT2D eigenvalue weighted by Crippen LogP contribution is -2.42. The molecule has 0 saturated heterocycles. The normalized spacial score (nSPS) is 13.0.